The molecular weight excluding hydrogens is 266 g/mol. The van der Waals surface area contributed by atoms with Gasteiger partial charge in [0.1, 0.15) is 0 Å². The van der Waals surface area contributed by atoms with Crippen LogP contribution in [0.1, 0.15) is 52.4 Å². The highest BCUT2D eigenvalue weighted by atomic mass is 16.2. The SMILES string of the molecule is CC(C)(N)C(=O)N1CCCN(C(=O)CC2CCCC2)CC1. The van der Waals surface area contributed by atoms with E-state index in [1.807, 2.05) is 9.80 Å². The minimum Gasteiger partial charge on any atom is -0.341 e. The van der Waals surface area contributed by atoms with Crippen molar-refractivity contribution in [2.75, 3.05) is 26.2 Å². The van der Waals surface area contributed by atoms with Crippen molar-refractivity contribution in [2.24, 2.45) is 11.7 Å². The largest absolute Gasteiger partial charge is 0.341 e. The second-order valence-electron chi connectivity index (χ2n) is 7.10. The molecule has 0 spiro atoms. The van der Waals surface area contributed by atoms with Crippen LogP contribution in [0.5, 0.6) is 0 Å². The zero-order valence-electron chi connectivity index (χ0n) is 13.4. The highest BCUT2D eigenvalue weighted by molar-refractivity contribution is 5.85. The van der Waals surface area contributed by atoms with Crippen LogP contribution in [0.15, 0.2) is 0 Å². The van der Waals surface area contributed by atoms with Crippen LogP contribution >= 0.6 is 0 Å². The van der Waals surface area contributed by atoms with Crippen LogP contribution in [0.25, 0.3) is 0 Å². The second kappa shape index (κ2) is 6.77. The third-order valence-electron chi connectivity index (χ3n) is 4.63. The summed E-state index contributed by atoms with van der Waals surface area (Å²) in [4.78, 5) is 28.4. The summed E-state index contributed by atoms with van der Waals surface area (Å²) in [5.41, 5.74) is 5.06. The van der Waals surface area contributed by atoms with Gasteiger partial charge in [-0.2, -0.15) is 0 Å². The fraction of sp³-hybridized carbons (Fsp3) is 0.875. The second-order valence-corrected chi connectivity index (χ2v) is 7.10. The monoisotopic (exact) mass is 295 g/mol. The van der Waals surface area contributed by atoms with E-state index >= 15 is 0 Å². The Morgan fingerprint density at radius 3 is 2.19 bits per heavy atom. The number of nitrogens with two attached hydrogens (primary N) is 1. The van der Waals surface area contributed by atoms with Crippen molar-refractivity contribution in [1.29, 1.82) is 0 Å². The number of hydrogen-bond acceptors (Lipinski definition) is 3. The molecule has 1 aliphatic heterocycles. The van der Waals surface area contributed by atoms with Gasteiger partial charge in [-0.15, -0.1) is 0 Å². The molecule has 1 saturated carbocycles. The average Bonchev–Trinajstić information content (AvgIpc) is 2.78. The molecule has 5 nitrogen and oxygen atoms in total. The van der Waals surface area contributed by atoms with Crippen LogP contribution in [-0.2, 0) is 9.59 Å². The molecular formula is C16H29N3O2. The van der Waals surface area contributed by atoms with E-state index in [0.717, 1.165) is 13.0 Å². The van der Waals surface area contributed by atoms with Crippen LogP contribution < -0.4 is 5.73 Å². The zero-order chi connectivity index (χ0) is 15.5. The number of nitrogens with zero attached hydrogens (tertiary/aromatic N) is 2. The Morgan fingerprint density at radius 2 is 1.57 bits per heavy atom. The summed E-state index contributed by atoms with van der Waals surface area (Å²) in [7, 11) is 0. The van der Waals surface area contributed by atoms with Gasteiger partial charge in [0.25, 0.3) is 0 Å². The Balaban J connectivity index is 1.85. The Morgan fingerprint density at radius 1 is 1.00 bits per heavy atom. The molecule has 0 aromatic rings. The van der Waals surface area contributed by atoms with Crippen molar-refractivity contribution >= 4 is 11.8 Å². The maximum absolute atomic E-state index is 12.4. The first-order valence-corrected chi connectivity index (χ1v) is 8.24. The predicted octanol–water partition coefficient (Wildman–Crippen LogP) is 1.36. The Bertz CT molecular complexity index is 383. The maximum atomic E-state index is 12.4. The normalized spacial score (nSPS) is 21.5. The first kappa shape index (κ1) is 16.3. The van der Waals surface area contributed by atoms with Gasteiger partial charge in [0.15, 0.2) is 0 Å². The van der Waals surface area contributed by atoms with Gasteiger partial charge in [-0.1, -0.05) is 12.8 Å². The highest BCUT2D eigenvalue weighted by Gasteiger charge is 2.30. The van der Waals surface area contributed by atoms with E-state index in [9.17, 15) is 9.59 Å². The summed E-state index contributed by atoms with van der Waals surface area (Å²) in [6.45, 7) is 6.20. The fourth-order valence-electron chi connectivity index (χ4n) is 3.37. The minimum absolute atomic E-state index is 0.0207. The number of hydrogen-bond donors (Lipinski definition) is 1. The van der Waals surface area contributed by atoms with Gasteiger partial charge in [0.05, 0.1) is 5.54 Å². The summed E-state index contributed by atoms with van der Waals surface area (Å²) in [6, 6.07) is 0. The van der Waals surface area contributed by atoms with Crippen LogP contribution in [0.4, 0.5) is 0 Å². The number of carbonyl (C=O) groups excluding carboxylic acids is 2. The molecule has 1 heterocycles. The van der Waals surface area contributed by atoms with Gasteiger partial charge in [0.2, 0.25) is 11.8 Å². The quantitative estimate of drug-likeness (QED) is 0.855. The first-order valence-electron chi connectivity index (χ1n) is 8.24. The van der Waals surface area contributed by atoms with E-state index in [4.69, 9.17) is 5.73 Å². The van der Waals surface area contributed by atoms with Crippen molar-refractivity contribution in [3.05, 3.63) is 0 Å². The van der Waals surface area contributed by atoms with Gasteiger partial charge in [-0.25, -0.2) is 0 Å². The fourth-order valence-corrected chi connectivity index (χ4v) is 3.37. The third-order valence-corrected chi connectivity index (χ3v) is 4.63. The molecule has 0 atom stereocenters. The summed E-state index contributed by atoms with van der Waals surface area (Å²) in [5, 5.41) is 0. The molecule has 2 amide bonds. The van der Waals surface area contributed by atoms with E-state index in [-0.39, 0.29) is 11.8 Å². The lowest BCUT2D eigenvalue weighted by Gasteiger charge is -2.28. The number of amides is 2. The molecule has 0 unspecified atom stereocenters. The van der Waals surface area contributed by atoms with Crippen molar-refractivity contribution in [3.8, 4) is 0 Å². The molecule has 2 fully saturated rings. The van der Waals surface area contributed by atoms with E-state index in [2.05, 4.69) is 0 Å². The van der Waals surface area contributed by atoms with E-state index < -0.39 is 5.54 Å². The summed E-state index contributed by atoms with van der Waals surface area (Å²) in [5.74, 6) is 0.831. The molecule has 2 N–H and O–H groups in total. The molecule has 1 aliphatic carbocycles. The molecule has 120 valence electrons. The molecule has 21 heavy (non-hydrogen) atoms. The zero-order valence-corrected chi connectivity index (χ0v) is 13.4. The van der Waals surface area contributed by atoms with E-state index in [1.54, 1.807) is 13.8 Å². The summed E-state index contributed by atoms with van der Waals surface area (Å²) >= 11 is 0. The lowest BCUT2D eigenvalue weighted by Crippen LogP contribution is -2.52. The van der Waals surface area contributed by atoms with Gasteiger partial charge in [0, 0.05) is 32.6 Å². The molecule has 0 bridgehead atoms. The van der Waals surface area contributed by atoms with Crippen LogP contribution in [0.2, 0.25) is 0 Å². The Kier molecular flexibility index (Phi) is 5.25. The molecule has 1 saturated heterocycles. The smallest absolute Gasteiger partial charge is 0.242 e. The lowest BCUT2D eigenvalue weighted by molar-refractivity contribution is -0.136. The van der Waals surface area contributed by atoms with Gasteiger partial charge in [-0.05, 0) is 39.0 Å². The molecule has 5 heteroatoms. The van der Waals surface area contributed by atoms with Gasteiger partial charge < -0.3 is 15.5 Å². The molecule has 0 radical (unpaired) electrons. The van der Waals surface area contributed by atoms with Crippen molar-refractivity contribution in [1.82, 2.24) is 9.80 Å². The Hall–Kier alpha value is -1.10. The Labute approximate surface area is 127 Å². The van der Waals surface area contributed by atoms with E-state index in [1.165, 1.54) is 25.7 Å². The standard InChI is InChI=1S/C16H29N3O2/c1-16(2,17)15(21)19-9-5-8-18(10-11-19)14(20)12-13-6-3-4-7-13/h13H,3-12,17H2,1-2H3. The topological polar surface area (TPSA) is 66.6 Å². The first-order chi connectivity index (χ1) is 9.88. The molecule has 2 aliphatic rings. The number of carbonyl (C=O) groups is 2. The molecule has 0 aromatic heterocycles. The highest BCUT2D eigenvalue weighted by Crippen LogP contribution is 2.28. The lowest BCUT2D eigenvalue weighted by atomic mass is 10.0. The van der Waals surface area contributed by atoms with E-state index in [0.29, 0.717) is 32.0 Å². The van der Waals surface area contributed by atoms with Crippen LogP contribution in [0, 0.1) is 5.92 Å². The summed E-state index contributed by atoms with van der Waals surface area (Å²) in [6.07, 6.45) is 6.48. The molecule has 0 aromatic carbocycles. The summed E-state index contributed by atoms with van der Waals surface area (Å²) < 4.78 is 0. The van der Waals surface area contributed by atoms with Crippen molar-refractivity contribution in [3.63, 3.8) is 0 Å². The van der Waals surface area contributed by atoms with Crippen molar-refractivity contribution < 1.29 is 9.59 Å². The minimum atomic E-state index is -0.830. The maximum Gasteiger partial charge on any atom is 0.242 e. The third kappa shape index (κ3) is 4.43. The average molecular weight is 295 g/mol. The van der Waals surface area contributed by atoms with Crippen LogP contribution in [0.3, 0.4) is 0 Å². The van der Waals surface area contributed by atoms with Crippen molar-refractivity contribution in [2.45, 2.75) is 57.9 Å². The van der Waals surface area contributed by atoms with Gasteiger partial charge in [-0.3, -0.25) is 9.59 Å². The predicted molar refractivity (Wildman–Crippen MR) is 82.6 cm³/mol. The molecule has 2 rings (SSSR count). The van der Waals surface area contributed by atoms with Gasteiger partial charge >= 0.3 is 0 Å². The number of rotatable bonds is 3. The van der Waals surface area contributed by atoms with Crippen LogP contribution in [-0.4, -0.2) is 53.3 Å².